The van der Waals surface area contributed by atoms with E-state index in [-0.39, 0.29) is 4.75 Å². The molecule has 16 heavy (non-hydrogen) atoms. The van der Waals surface area contributed by atoms with Crippen LogP contribution in [0.3, 0.4) is 0 Å². The van der Waals surface area contributed by atoms with Gasteiger partial charge in [-0.2, -0.15) is 0 Å². The van der Waals surface area contributed by atoms with E-state index in [2.05, 4.69) is 33.9 Å². The molecule has 3 heterocycles. The Kier molecular flexibility index (Phi) is 2.47. The van der Waals surface area contributed by atoms with Gasteiger partial charge >= 0.3 is 0 Å². The van der Waals surface area contributed by atoms with Crippen molar-refractivity contribution in [1.82, 2.24) is 20.1 Å². The van der Waals surface area contributed by atoms with Gasteiger partial charge in [0, 0.05) is 13.1 Å². The zero-order chi connectivity index (χ0) is 11.2. The lowest BCUT2D eigenvalue weighted by Crippen LogP contribution is -2.34. The van der Waals surface area contributed by atoms with Gasteiger partial charge in [0.1, 0.15) is 11.6 Å². The third-order valence-corrected chi connectivity index (χ3v) is 5.16. The van der Waals surface area contributed by atoms with Crippen molar-refractivity contribution in [2.24, 2.45) is 0 Å². The van der Waals surface area contributed by atoms with Crippen molar-refractivity contribution in [1.29, 1.82) is 0 Å². The average molecular weight is 238 g/mol. The van der Waals surface area contributed by atoms with E-state index in [0.717, 1.165) is 18.9 Å². The van der Waals surface area contributed by atoms with E-state index in [1.807, 2.05) is 11.8 Å². The highest BCUT2D eigenvalue weighted by molar-refractivity contribution is 8.00. The number of fused-ring (bicyclic) bond motifs is 1. The van der Waals surface area contributed by atoms with Crippen LogP contribution in [0.2, 0.25) is 0 Å². The number of thioether (sulfide) groups is 1. The summed E-state index contributed by atoms with van der Waals surface area (Å²) in [6.07, 6.45) is 2.54. The summed E-state index contributed by atoms with van der Waals surface area (Å²) in [6, 6.07) is 0.338. The summed E-state index contributed by atoms with van der Waals surface area (Å²) < 4.78 is 2.53. The van der Waals surface area contributed by atoms with Crippen LogP contribution < -0.4 is 5.32 Å². The van der Waals surface area contributed by atoms with E-state index in [9.17, 15) is 0 Å². The molecule has 0 amide bonds. The molecule has 2 atom stereocenters. The van der Waals surface area contributed by atoms with Gasteiger partial charge in [0.2, 0.25) is 0 Å². The maximum Gasteiger partial charge on any atom is 0.150 e. The SMILES string of the molecule is CC1NCCn2c1nnc2C1(C)CCCS1. The molecule has 0 radical (unpaired) electrons. The van der Waals surface area contributed by atoms with Crippen molar-refractivity contribution in [3.05, 3.63) is 11.6 Å². The number of nitrogens with one attached hydrogen (secondary N) is 1. The molecule has 0 bridgehead atoms. The average Bonchev–Trinajstić information content (AvgIpc) is 2.85. The Bertz CT molecular complexity index is 395. The molecule has 0 aliphatic carbocycles. The first-order chi connectivity index (χ1) is 7.71. The van der Waals surface area contributed by atoms with Gasteiger partial charge in [-0.05, 0) is 32.4 Å². The van der Waals surface area contributed by atoms with Crippen molar-refractivity contribution < 1.29 is 0 Å². The zero-order valence-corrected chi connectivity index (χ0v) is 10.7. The van der Waals surface area contributed by atoms with Crippen LogP contribution in [0.15, 0.2) is 0 Å². The van der Waals surface area contributed by atoms with Gasteiger partial charge < -0.3 is 9.88 Å². The van der Waals surface area contributed by atoms with E-state index in [1.165, 1.54) is 24.4 Å². The van der Waals surface area contributed by atoms with Crippen LogP contribution in [0, 0.1) is 0 Å². The van der Waals surface area contributed by atoms with Crippen molar-refractivity contribution in [3.63, 3.8) is 0 Å². The van der Waals surface area contributed by atoms with Crippen LogP contribution in [0.4, 0.5) is 0 Å². The highest BCUT2D eigenvalue weighted by Gasteiger charge is 2.38. The van der Waals surface area contributed by atoms with Gasteiger partial charge in [-0.15, -0.1) is 22.0 Å². The molecule has 3 rings (SSSR count). The fourth-order valence-electron chi connectivity index (χ4n) is 2.69. The Morgan fingerprint density at radius 1 is 1.50 bits per heavy atom. The van der Waals surface area contributed by atoms with Crippen LogP contribution in [0.1, 0.15) is 44.4 Å². The summed E-state index contributed by atoms with van der Waals surface area (Å²) in [4.78, 5) is 0. The molecule has 1 saturated heterocycles. The third-order valence-electron chi connectivity index (χ3n) is 3.64. The highest BCUT2D eigenvalue weighted by atomic mass is 32.2. The number of hydrogen-bond acceptors (Lipinski definition) is 4. The lowest BCUT2D eigenvalue weighted by atomic mass is 10.0. The molecule has 2 aliphatic heterocycles. The molecule has 1 aromatic heterocycles. The lowest BCUT2D eigenvalue weighted by Gasteiger charge is -2.27. The smallest absolute Gasteiger partial charge is 0.150 e. The second-order valence-corrected chi connectivity index (χ2v) is 6.49. The van der Waals surface area contributed by atoms with Gasteiger partial charge in [0.15, 0.2) is 0 Å². The van der Waals surface area contributed by atoms with Crippen LogP contribution >= 0.6 is 11.8 Å². The first-order valence-electron chi connectivity index (χ1n) is 6.02. The molecule has 2 unspecified atom stereocenters. The summed E-state index contributed by atoms with van der Waals surface area (Å²) >= 11 is 2.03. The predicted molar refractivity (Wildman–Crippen MR) is 65.5 cm³/mol. The van der Waals surface area contributed by atoms with Gasteiger partial charge in [-0.25, -0.2) is 0 Å². The molecule has 2 aliphatic rings. The number of nitrogens with zero attached hydrogens (tertiary/aromatic N) is 3. The van der Waals surface area contributed by atoms with Crippen molar-refractivity contribution in [3.8, 4) is 0 Å². The van der Waals surface area contributed by atoms with Crippen LogP contribution in [0.25, 0.3) is 0 Å². The molecule has 0 saturated carbocycles. The number of aromatic nitrogens is 3. The minimum Gasteiger partial charge on any atom is -0.311 e. The Morgan fingerprint density at radius 2 is 2.38 bits per heavy atom. The monoisotopic (exact) mass is 238 g/mol. The lowest BCUT2D eigenvalue weighted by molar-refractivity contribution is 0.418. The van der Waals surface area contributed by atoms with Gasteiger partial charge in [0.25, 0.3) is 0 Å². The van der Waals surface area contributed by atoms with E-state index < -0.39 is 0 Å². The first-order valence-corrected chi connectivity index (χ1v) is 7.00. The normalized spacial score (nSPS) is 34.0. The van der Waals surface area contributed by atoms with Gasteiger partial charge in [0.05, 0.1) is 10.8 Å². The quantitative estimate of drug-likeness (QED) is 0.808. The Hall–Kier alpha value is -0.550. The third kappa shape index (κ3) is 1.49. The topological polar surface area (TPSA) is 42.7 Å². The Morgan fingerprint density at radius 3 is 3.12 bits per heavy atom. The molecule has 1 fully saturated rings. The molecular weight excluding hydrogens is 220 g/mol. The molecule has 0 aromatic carbocycles. The molecule has 0 spiro atoms. The minimum atomic E-state index is 0.197. The van der Waals surface area contributed by atoms with Gasteiger partial charge in [-0.3, -0.25) is 0 Å². The second kappa shape index (κ2) is 3.74. The molecule has 1 N–H and O–H groups in total. The summed E-state index contributed by atoms with van der Waals surface area (Å²) in [7, 11) is 0. The number of rotatable bonds is 1. The fourth-order valence-corrected chi connectivity index (χ4v) is 3.99. The summed E-state index contributed by atoms with van der Waals surface area (Å²) in [5.41, 5.74) is 0. The first kappa shape index (κ1) is 10.6. The molecule has 1 aromatic rings. The van der Waals surface area contributed by atoms with Crippen LogP contribution in [0.5, 0.6) is 0 Å². The zero-order valence-electron chi connectivity index (χ0n) is 9.86. The Balaban J connectivity index is 2.02. The van der Waals surface area contributed by atoms with E-state index in [1.54, 1.807) is 0 Å². The van der Waals surface area contributed by atoms with E-state index >= 15 is 0 Å². The highest BCUT2D eigenvalue weighted by Crippen LogP contribution is 2.45. The van der Waals surface area contributed by atoms with Crippen molar-refractivity contribution >= 4 is 11.8 Å². The van der Waals surface area contributed by atoms with Crippen LogP contribution in [-0.4, -0.2) is 27.1 Å². The molecule has 88 valence electrons. The summed E-state index contributed by atoms with van der Waals surface area (Å²) in [5.74, 6) is 3.56. The van der Waals surface area contributed by atoms with Crippen molar-refractivity contribution in [2.75, 3.05) is 12.3 Å². The standard InChI is InChI=1S/C11H18N4S/c1-8-9-13-14-10(15(9)6-5-12-8)11(2)4-3-7-16-11/h8,12H,3-7H2,1-2H3. The summed E-state index contributed by atoms with van der Waals surface area (Å²) in [6.45, 7) is 6.51. The van der Waals surface area contributed by atoms with Crippen LogP contribution in [-0.2, 0) is 11.3 Å². The molecule has 5 heteroatoms. The van der Waals surface area contributed by atoms with Gasteiger partial charge in [-0.1, -0.05) is 0 Å². The van der Waals surface area contributed by atoms with E-state index in [0.29, 0.717) is 6.04 Å². The predicted octanol–water partition coefficient (Wildman–Crippen LogP) is 1.68. The Labute approximate surface area is 100 Å². The van der Waals surface area contributed by atoms with E-state index in [4.69, 9.17) is 0 Å². The molecule has 4 nitrogen and oxygen atoms in total. The van der Waals surface area contributed by atoms with Crippen molar-refractivity contribution in [2.45, 2.75) is 44.0 Å². The maximum absolute atomic E-state index is 4.45. The minimum absolute atomic E-state index is 0.197. The summed E-state index contributed by atoms with van der Waals surface area (Å²) in [5, 5.41) is 12.2. The molecular formula is C11H18N4S. The fraction of sp³-hybridized carbons (Fsp3) is 0.818. The number of hydrogen-bond donors (Lipinski definition) is 1. The maximum atomic E-state index is 4.45. The second-order valence-electron chi connectivity index (χ2n) is 4.89. The largest absolute Gasteiger partial charge is 0.311 e.